The Kier molecular flexibility index (Phi) is 5.59. The van der Waals surface area contributed by atoms with Crippen molar-refractivity contribution in [3.05, 3.63) is 28.8 Å². The van der Waals surface area contributed by atoms with Gasteiger partial charge in [-0.2, -0.15) is 0 Å². The average molecular weight is 290 g/mol. The number of hydrogen-bond acceptors (Lipinski definition) is 3. The summed E-state index contributed by atoms with van der Waals surface area (Å²) in [4.78, 5) is 12.3. The first-order chi connectivity index (χ1) is 9.75. The van der Waals surface area contributed by atoms with E-state index in [4.69, 9.17) is 9.47 Å². The number of allylic oxidation sites excluding steroid dienone is 1. The highest BCUT2D eigenvalue weighted by Gasteiger charge is 2.21. The smallest absolute Gasteiger partial charge is 0.170 e. The zero-order valence-corrected chi connectivity index (χ0v) is 14.2. The molecule has 0 aromatic heterocycles. The van der Waals surface area contributed by atoms with Crippen molar-refractivity contribution in [2.75, 3.05) is 14.2 Å². The Morgan fingerprint density at radius 1 is 1.24 bits per heavy atom. The number of ether oxygens (including phenoxy) is 2. The zero-order valence-electron chi connectivity index (χ0n) is 14.2. The van der Waals surface area contributed by atoms with Crippen LogP contribution in [0.4, 0.5) is 0 Å². The number of aryl methyl sites for hydroxylation is 1. The number of Topliss-reactive ketones (excluding diaryl/α,β-unsaturated/α-hetero) is 1. The van der Waals surface area contributed by atoms with Crippen LogP contribution in [0.1, 0.15) is 55.6 Å². The molecule has 0 amide bonds. The molecule has 0 heterocycles. The molecule has 0 aliphatic heterocycles. The average Bonchev–Trinajstić information content (AvgIpc) is 2.42. The maximum Gasteiger partial charge on any atom is 0.170 e. The highest BCUT2D eigenvalue weighted by Crippen LogP contribution is 2.37. The van der Waals surface area contributed by atoms with E-state index < -0.39 is 0 Å². The molecule has 3 nitrogen and oxygen atoms in total. The Morgan fingerprint density at radius 3 is 2.29 bits per heavy atom. The minimum atomic E-state index is 0.0223. The van der Waals surface area contributed by atoms with Crippen LogP contribution < -0.4 is 9.47 Å². The lowest BCUT2D eigenvalue weighted by Crippen LogP contribution is -2.07. The van der Waals surface area contributed by atoms with Gasteiger partial charge in [-0.15, -0.1) is 0 Å². The summed E-state index contributed by atoms with van der Waals surface area (Å²) >= 11 is 0. The molecule has 0 unspecified atom stereocenters. The van der Waals surface area contributed by atoms with E-state index in [2.05, 4.69) is 26.8 Å². The van der Waals surface area contributed by atoms with Crippen molar-refractivity contribution >= 4 is 11.9 Å². The van der Waals surface area contributed by atoms with Crippen LogP contribution in [0.2, 0.25) is 0 Å². The topological polar surface area (TPSA) is 35.5 Å². The molecule has 0 saturated carbocycles. The van der Waals surface area contributed by atoms with Crippen LogP contribution in [0.15, 0.2) is 12.1 Å². The second kappa shape index (κ2) is 6.79. The van der Waals surface area contributed by atoms with Crippen molar-refractivity contribution in [1.29, 1.82) is 0 Å². The van der Waals surface area contributed by atoms with E-state index in [1.54, 1.807) is 14.2 Å². The fourth-order valence-electron chi connectivity index (χ4n) is 2.13. The summed E-state index contributed by atoms with van der Waals surface area (Å²) in [5.41, 5.74) is 2.55. The summed E-state index contributed by atoms with van der Waals surface area (Å²) < 4.78 is 10.9. The maximum absolute atomic E-state index is 12.3. The third-order valence-corrected chi connectivity index (χ3v) is 3.26. The van der Waals surface area contributed by atoms with E-state index in [1.807, 2.05) is 26.0 Å². The molecule has 0 spiro atoms. The van der Waals surface area contributed by atoms with Gasteiger partial charge in [-0.25, -0.2) is 0 Å². The SMILES string of the molecule is CCC(=O)c1c(OC)cc(C)c(/C=C\C(C)(C)C)c1OC. The number of ketones is 1. The summed E-state index contributed by atoms with van der Waals surface area (Å²) in [6.45, 7) is 10.2. The molecule has 0 aliphatic carbocycles. The zero-order chi connectivity index (χ0) is 16.2. The number of hydrogen-bond donors (Lipinski definition) is 0. The van der Waals surface area contributed by atoms with Gasteiger partial charge < -0.3 is 9.47 Å². The third-order valence-electron chi connectivity index (χ3n) is 3.26. The predicted molar refractivity (Wildman–Crippen MR) is 87.4 cm³/mol. The molecule has 1 aromatic rings. The van der Waals surface area contributed by atoms with Gasteiger partial charge in [-0.3, -0.25) is 4.79 Å². The van der Waals surface area contributed by atoms with Crippen LogP contribution >= 0.6 is 0 Å². The molecule has 1 aromatic carbocycles. The van der Waals surface area contributed by atoms with Gasteiger partial charge in [0.1, 0.15) is 17.1 Å². The molecular weight excluding hydrogens is 264 g/mol. The summed E-state index contributed by atoms with van der Waals surface area (Å²) in [6, 6.07) is 1.90. The maximum atomic E-state index is 12.3. The Balaban J connectivity index is 3.58. The molecule has 0 fully saturated rings. The minimum absolute atomic E-state index is 0.0223. The van der Waals surface area contributed by atoms with Crippen LogP contribution in [0.3, 0.4) is 0 Å². The van der Waals surface area contributed by atoms with E-state index in [9.17, 15) is 4.79 Å². The van der Waals surface area contributed by atoms with Gasteiger partial charge in [0.25, 0.3) is 0 Å². The van der Waals surface area contributed by atoms with E-state index in [0.717, 1.165) is 11.1 Å². The van der Waals surface area contributed by atoms with Gasteiger partial charge in [-0.1, -0.05) is 39.8 Å². The Hall–Kier alpha value is -1.77. The van der Waals surface area contributed by atoms with Gasteiger partial charge in [0.05, 0.1) is 14.2 Å². The Labute approximate surface area is 128 Å². The van der Waals surface area contributed by atoms with Crippen molar-refractivity contribution in [2.24, 2.45) is 5.41 Å². The van der Waals surface area contributed by atoms with E-state index >= 15 is 0 Å². The lowest BCUT2D eigenvalue weighted by molar-refractivity contribution is 0.0982. The monoisotopic (exact) mass is 290 g/mol. The normalized spacial score (nSPS) is 11.8. The van der Waals surface area contributed by atoms with Gasteiger partial charge in [0.15, 0.2) is 5.78 Å². The van der Waals surface area contributed by atoms with Gasteiger partial charge in [0, 0.05) is 12.0 Å². The third kappa shape index (κ3) is 4.10. The molecular formula is C18H26O3. The lowest BCUT2D eigenvalue weighted by Gasteiger charge is -2.18. The van der Waals surface area contributed by atoms with Gasteiger partial charge >= 0.3 is 0 Å². The molecule has 0 atom stereocenters. The highest BCUT2D eigenvalue weighted by molar-refractivity contribution is 6.02. The van der Waals surface area contributed by atoms with Crippen molar-refractivity contribution in [1.82, 2.24) is 0 Å². The second-order valence-electron chi connectivity index (χ2n) is 6.19. The molecule has 0 bridgehead atoms. The molecule has 0 N–H and O–H groups in total. The predicted octanol–water partition coefficient (Wildman–Crippen LogP) is 4.66. The fraction of sp³-hybridized carbons (Fsp3) is 0.500. The van der Waals surface area contributed by atoms with Crippen molar-refractivity contribution in [3.8, 4) is 11.5 Å². The quantitative estimate of drug-likeness (QED) is 0.740. The minimum Gasteiger partial charge on any atom is -0.496 e. The number of benzene rings is 1. The van der Waals surface area contributed by atoms with Crippen LogP contribution in [0.5, 0.6) is 11.5 Å². The first-order valence-electron chi connectivity index (χ1n) is 7.23. The first-order valence-corrected chi connectivity index (χ1v) is 7.23. The number of rotatable bonds is 5. The summed E-state index contributed by atoms with van der Waals surface area (Å²) in [6.07, 6.45) is 4.56. The van der Waals surface area contributed by atoms with Crippen LogP contribution in [-0.2, 0) is 0 Å². The van der Waals surface area contributed by atoms with Crippen molar-refractivity contribution in [3.63, 3.8) is 0 Å². The fourth-order valence-corrected chi connectivity index (χ4v) is 2.13. The van der Waals surface area contributed by atoms with E-state index in [0.29, 0.717) is 23.5 Å². The second-order valence-corrected chi connectivity index (χ2v) is 6.19. The lowest BCUT2D eigenvalue weighted by atomic mass is 9.92. The largest absolute Gasteiger partial charge is 0.496 e. The first kappa shape index (κ1) is 17.3. The summed E-state index contributed by atoms with van der Waals surface area (Å²) in [5, 5.41) is 0. The Morgan fingerprint density at radius 2 is 1.86 bits per heavy atom. The molecule has 1 rings (SSSR count). The van der Waals surface area contributed by atoms with Crippen molar-refractivity contribution < 1.29 is 14.3 Å². The Bertz CT molecular complexity index is 549. The summed E-state index contributed by atoms with van der Waals surface area (Å²) in [7, 11) is 3.17. The number of methoxy groups -OCH3 is 2. The highest BCUT2D eigenvalue weighted by atomic mass is 16.5. The van der Waals surface area contributed by atoms with Crippen LogP contribution in [-0.4, -0.2) is 20.0 Å². The van der Waals surface area contributed by atoms with E-state index in [-0.39, 0.29) is 11.2 Å². The van der Waals surface area contributed by atoms with Gasteiger partial charge in [-0.05, 0) is 24.0 Å². The molecule has 21 heavy (non-hydrogen) atoms. The summed E-state index contributed by atoms with van der Waals surface area (Å²) in [5.74, 6) is 1.19. The van der Waals surface area contributed by atoms with Crippen molar-refractivity contribution in [2.45, 2.75) is 41.0 Å². The molecule has 0 saturated heterocycles. The standard InChI is InChI=1S/C18H26O3/c1-8-14(19)16-15(20-6)11-12(2)13(17(16)21-7)9-10-18(3,4)5/h9-11H,8H2,1-7H3/b10-9-. The molecule has 116 valence electrons. The van der Waals surface area contributed by atoms with E-state index in [1.165, 1.54) is 0 Å². The number of carbonyl (C=O) groups is 1. The molecule has 3 heteroatoms. The van der Waals surface area contributed by atoms with Crippen LogP contribution in [0.25, 0.3) is 6.08 Å². The van der Waals surface area contributed by atoms with Gasteiger partial charge in [0.2, 0.25) is 0 Å². The van der Waals surface area contributed by atoms with Crippen LogP contribution in [0, 0.1) is 12.3 Å². The molecule has 0 aliphatic rings. The number of carbonyl (C=O) groups excluding carboxylic acids is 1. The molecule has 0 radical (unpaired) electrons.